The van der Waals surface area contributed by atoms with Crippen molar-refractivity contribution in [3.8, 4) is 0 Å². The van der Waals surface area contributed by atoms with E-state index >= 15 is 0 Å². The van der Waals surface area contributed by atoms with Crippen molar-refractivity contribution in [2.45, 2.75) is 11.3 Å². The number of benzene rings is 3. The van der Waals surface area contributed by atoms with E-state index < -0.39 is 10.0 Å². The first-order valence-corrected chi connectivity index (χ1v) is 12.0. The fourth-order valence-electron chi connectivity index (χ4n) is 4.39. The summed E-state index contributed by atoms with van der Waals surface area (Å²) in [7, 11) is -1.67. The summed E-state index contributed by atoms with van der Waals surface area (Å²) in [5.41, 5.74) is 1.94. The molecule has 7 heteroatoms. The zero-order valence-corrected chi connectivity index (χ0v) is 18.3. The van der Waals surface area contributed by atoms with Gasteiger partial charge in [0.25, 0.3) is 10.0 Å². The van der Waals surface area contributed by atoms with Crippen LogP contribution < -0.4 is 9.21 Å². The van der Waals surface area contributed by atoms with E-state index in [2.05, 4.69) is 16.8 Å². The lowest BCUT2D eigenvalue weighted by molar-refractivity contribution is 0.0982. The molecule has 0 saturated carbocycles. The smallest absolute Gasteiger partial charge is 0.264 e. The third-order valence-electron chi connectivity index (χ3n) is 6.27. The molecule has 0 radical (unpaired) electrons. The number of ketones is 1. The highest BCUT2D eigenvalue weighted by molar-refractivity contribution is 7.92. The summed E-state index contributed by atoms with van der Waals surface area (Å²) in [4.78, 5) is 17.5. The minimum atomic E-state index is -3.77. The SMILES string of the molecule is CN1CCN(c2ccc3c(c2)C(=O)CCN3S(=O)(=O)c2ccc3ccccc3c2)CC1. The third kappa shape index (κ3) is 3.58. The number of carbonyl (C=O) groups excluding carboxylic acids is 1. The summed E-state index contributed by atoms with van der Waals surface area (Å²) < 4.78 is 28.4. The van der Waals surface area contributed by atoms with Gasteiger partial charge < -0.3 is 9.80 Å². The molecule has 0 spiro atoms. The Labute approximate surface area is 182 Å². The largest absolute Gasteiger partial charge is 0.369 e. The Bertz CT molecular complexity index is 1260. The average Bonchev–Trinajstić information content (AvgIpc) is 2.79. The maximum Gasteiger partial charge on any atom is 0.264 e. The Morgan fingerprint density at radius 2 is 1.55 bits per heavy atom. The van der Waals surface area contributed by atoms with Crippen LogP contribution in [0.25, 0.3) is 10.8 Å². The van der Waals surface area contributed by atoms with E-state index in [4.69, 9.17) is 0 Å². The predicted octanol–water partition coefficient (Wildman–Crippen LogP) is 3.37. The summed E-state index contributed by atoms with van der Waals surface area (Å²) in [6.07, 6.45) is 0.187. The first-order chi connectivity index (χ1) is 14.9. The van der Waals surface area contributed by atoms with Crippen LogP contribution in [0.2, 0.25) is 0 Å². The second kappa shape index (κ2) is 7.66. The van der Waals surface area contributed by atoms with Crippen molar-refractivity contribution >= 4 is 38.0 Å². The van der Waals surface area contributed by atoms with E-state index in [0.29, 0.717) is 11.3 Å². The highest BCUT2D eigenvalue weighted by Gasteiger charge is 2.33. The molecule has 6 nitrogen and oxygen atoms in total. The molecule has 160 valence electrons. The number of piperazine rings is 1. The third-order valence-corrected chi connectivity index (χ3v) is 8.08. The van der Waals surface area contributed by atoms with Crippen molar-refractivity contribution in [3.63, 3.8) is 0 Å². The number of likely N-dealkylation sites (N-methyl/N-ethyl adjacent to an activating group) is 1. The van der Waals surface area contributed by atoms with Gasteiger partial charge in [-0.3, -0.25) is 9.10 Å². The van der Waals surface area contributed by atoms with Gasteiger partial charge in [0.15, 0.2) is 5.78 Å². The Balaban J connectivity index is 1.52. The van der Waals surface area contributed by atoms with Crippen LogP contribution in [-0.4, -0.2) is 58.9 Å². The van der Waals surface area contributed by atoms with Gasteiger partial charge in [0.05, 0.1) is 10.6 Å². The summed E-state index contributed by atoms with van der Waals surface area (Å²) in [6.45, 7) is 3.88. The number of carbonyl (C=O) groups is 1. The Morgan fingerprint density at radius 3 is 2.32 bits per heavy atom. The number of hydrogen-bond donors (Lipinski definition) is 0. The van der Waals surface area contributed by atoms with Crippen molar-refractivity contribution in [3.05, 3.63) is 66.2 Å². The fraction of sp³-hybridized carbons (Fsp3) is 0.292. The number of anilines is 2. The van der Waals surface area contributed by atoms with Crippen LogP contribution in [-0.2, 0) is 10.0 Å². The maximum atomic E-state index is 13.5. The van der Waals surface area contributed by atoms with Crippen LogP contribution in [0.1, 0.15) is 16.8 Å². The zero-order valence-electron chi connectivity index (χ0n) is 17.5. The molecule has 2 heterocycles. The molecule has 1 saturated heterocycles. The predicted molar refractivity (Wildman–Crippen MR) is 124 cm³/mol. The van der Waals surface area contributed by atoms with Crippen LogP contribution >= 0.6 is 0 Å². The van der Waals surface area contributed by atoms with Crippen molar-refractivity contribution in [1.29, 1.82) is 0 Å². The van der Waals surface area contributed by atoms with Crippen LogP contribution in [0.4, 0.5) is 11.4 Å². The summed E-state index contributed by atoms with van der Waals surface area (Å²) in [5.74, 6) is -0.00376. The molecule has 0 N–H and O–H groups in total. The molecule has 0 aromatic heterocycles. The van der Waals surface area contributed by atoms with Gasteiger partial charge in [-0.05, 0) is 48.2 Å². The van der Waals surface area contributed by atoms with Gasteiger partial charge in [-0.2, -0.15) is 0 Å². The van der Waals surface area contributed by atoms with Crippen LogP contribution in [0.15, 0.2) is 65.6 Å². The lowest BCUT2D eigenvalue weighted by atomic mass is 10.0. The molecule has 31 heavy (non-hydrogen) atoms. The standard InChI is InChI=1S/C24H25N3O3S/c1-25-12-14-26(15-13-25)20-7-9-23-22(17-20)24(28)10-11-27(23)31(29,30)21-8-6-18-4-2-3-5-19(18)16-21/h2-9,16-17H,10-15H2,1H3. The van der Waals surface area contributed by atoms with Crippen molar-refractivity contribution in [2.24, 2.45) is 0 Å². The maximum absolute atomic E-state index is 13.5. The molecule has 0 atom stereocenters. The van der Waals surface area contributed by atoms with Gasteiger partial charge in [0.1, 0.15) is 0 Å². The molecule has 0 unspecified atom stereocenters. The Morgan fingerprint density at radius 1 is 0.806 bits per heavy atom. The summed E-state index contributed by atoms with van der Waals surface area (Å²) in [5, 5.41) is 1.87. The first-order valence-electron chi connectivity index (χ1n) is 10.6. The summed E-state index contributed by atoms with van der Waals surface area (Å²) >= 11 is 0. The van der Waals surface area contributed by atoms with Gasteiger partial charge in [-0.1, -0.05) is 30.3 Å². The van der Waals surface area contributed by atoms with Crippen LogP contribution in [0, 0.1) is 0 Å². The van der Waals surface area contributed by atoms with E-state index in [-0.39, 0.29) is 23.6 Å². The highest BCUT2D eigenvalue weighted by Crippen LogP contribution is 2.35. The Hall–Kier alpha value is -2.90. The molecule has 0 aliphatic carbocycles. The number of Topliss-reactive ketones (excluding diaryl/α,β-unsaturated/α-hetero) is 1. The molecule has 3 aromatic rings. The second-order valence-corrected chi connectivity index (χ2v) is 10.1. The normalized spacial score (nSPS) is 17.8. The molecule has 1 fully saturated rings. The van der Waals surface area contributed by atoms with E-state index in [1.165, 1.54) is 4.31 Å². The number of rotatable bonds is 3. The fourth-order valence-corrected chi connectivity index (χ4v) is 5.91. The number of sulfonamides is 1. The van der Waals surface area contributed by atoms with Gasteiger partial charge >= 0.3 is 0 Å². The van der Waals surface area contributed by atoms with E-state index in [1.54, 1.807) is 18.2 Å². The first kappa shape index (κ1) is 20.0. The molecule has 2 aliphatic heterocycles. The molecule has 2 aliphatic rings. The molecule has 0 bridgehead atoms. The highest BCUT2D eigenvalue weighted by atomic mass is 32.2. The molecule has 3 aromatic carbocycles. The van der Waals surface area contributed by atoms with Crippen molar-refractivity contribution in [1.82, 2.24) is 4.90 Å². The lowest BCUT2D eigenvalue weighted by Gasteiger charge is -2.35. The number of hydrogen-bond acceptors (Lipinski definition) is 5. The minimum Gasteiger partial charge on any atom is -0.369 e. The molecular weight excluding hydrogens is 410 g/mol. The van der Waals surface area contributed by atoms with Crippen molar-refractivity contribution < 1.29 is 13.2 Å². The molecule has 0 amide bonds. The Kier molecular flexibility index (Phi) is 4.95. The number of fused-ring (bicyclic) bond motifs is 2. The monoisotopic (exact) mass is 435 g/mol. The quantitative estimate of drug-likeness (QED) is 0.631. The lowest BCUT2D eigenvalue weighted by Crippen LogP contribution is -2.44. The van der Waals surface area contributed by atoms with Crippen LogP contribution in [0.3, 0.4) is 0 Å². The van der Waals surface area contributed by atoms with Gasteiger partial charge in [-0.25, -0.2) is 8.42 Å². The second-order valence-electron chi connectivity index (χ2n) is 8.25. The minimum absolute atomic E-state index is 0.00376. The van der Waals surface area contributed by atoms with E-state index in [0.717, 1.165) is 42.6 Å². The molecule has 5 rings (SSSR count). The summed E-state index contributed by atoms with van der Waals surface area (Å²) in [6, 6.07) is 18.5. The number of nitrogens with zero attached hydrogens (tertiary/aromatic N) is 3. The van der Waals surface area contributed by atoms with Gasteiger partial charge in [0.2, 0.25) is 0 Å². The zero-order chi connectivity index (χ0) is 21.6. The van der Waals surface area contributed by atoms with Gasteiger partial charge in [0, 0.05) is 50.4 Å². The van der Waals surface area contributed by atoms with Gasteiger partial charge in [-0.15, -0.1) is 0 Å². The topological polar surface area (TPSA) is 60.9 Å². The van der Waals surface area contributed by atoms with E-state index in [9.17, 15) is 13.2 Å². The molecular formula is C24H25N3O3S. The average molecular weight is 436 g/mol. The van der Waals surface area contributed by atoms with Crippen molar-refractivity contribution in [2.75, 3.05) is 49.0 Å². The van der Waals surface area contributed by atoms with E-state index in [1.807, 2.05) is 42.5 Å². The van der Waals surface area contributed by atoms with Crippen LogP contribution in [0.5, 0.6) is 0 Å².